The van der Waals surface area contributed by atoms with Gasteiger partial charge < -0.3 is 10.6 Å². The average Bonchev–Trinajstić information content (AvgIpc) is 2.48. The van der Waals surface area contributed by atoms with Gasteiger partial charge in [0.1, 0.15) is 0 Å². The lowest BCUT2D eigenvalue weighted by atomic mass is 10.1. The number of rotatable bonds is 6. The predicted octanol–water partition coefficient (Wildman–Crippen LogP) is 3.03. The van der Waals surface area contributed by atoms with Crippen molar-refractivity contribution in [2.75, 3.05) is 25.4 Å². The highest BCUT2D eigenvalue weighted by atomic mass is 35.5. The molecule has 0 radical (unpaired) electrons. The molecule has 0 bridgehead atoms. The quantitative estimate of drug-likeness (QED) is 0.778. The largest absolute Gasteiger partial charge is 0.352 e. The second-order valence-electron chi connectivity index (χ2n) is 4.71. The number of halogens is 2. The van der Waals surface area contributed by atoms with E-state index < -0.39 is 0 Å². The van der Waals surface area contributed by atoms with E-state index >= 15 is 0 Å². The van der Waals surface area contributed by atoms with Gasteiger partial charge in [0.25, 0.3) is 0 Å². The molecule has 116 valence electrons. The molecule has 1 aliphatic heterocycles. The van der Waals surface area contributed by atoms with Crippen LogP contribution in [-0.4, -0.2) is 31.3 Å². The molecule has 0 saturated carbocycles. The van der Waals surface area contributed by atoms with E-state index in [2.05, 4.69) is 16.7 Å². The number of amides is 1. The van der Waals surface area contributed by atoms with Crippen molar-refractivity contribution in [1.82, 2.24) is 10.6 Å². The Labute approximate surface area is 141 Å². The van der Waals surface area contributed by atoms with Crippen LogP contribution >= 0.6 is 35.8 Å². The van der Waals surface area contributed by atoms with Gasteiger partial charge in [0.15, 0.2) is 0 Å². The highest BCUT2D eigenvalue weighted by Crippen LogP contribution is 2.15. The molecule has 6 heteroatoms. The van der Waals surface area contributed by atoms with Gasteiger partial charge in [-0.3, -0.25) is 4.79 Å². The number of benzene rings is 1. The van der Waals surface area contributed by atoms with E-state index in [0.717, 1.165) is 30.3 Å². The molecule has 1 aromatic carbocycles. The number of carbonyl (C=O) groups excluding carboxylic acids is 1. The zero-order valence-electron chi connectivity index (χ0n) is 11.7. The van der Waals surface area contributed by atoms with E-state index in [4.69, 9.17) is 11.6 Å². The maximum absolute atomic E-state index is 11.7. The highest BCUT2D eigenvalue weighted by molar-refractivity contribution is 7.99. The minimum absolute atomic E-state index is 0. The van der Waals surface area contributed by atoms with Crippen LogP contribution in [0, 0.1) is 0 Å². The minimum Gasteiger partial charge on any atom is -0.352 e. The first kappa shape index (κ1) is 18.4. The highest BCUT2D eigenvalue weighted by Gasteiger charge is 2.06. The minimum atomic E-state index is 0. The van der Waals surface area contributed by atoms with Gasteiger partial charge in [0.05, 0.1) is 5.75 Å². The third-order valence-electron chi connectivity index (χ3n) is 3.09. The maximum Gasteiger partial charge on any atom is 0.230 e. The second kappa shape index (κ2) is 10.1. The molecule has 0 atom stereocenters. The lowest BCUT2D eigenvalue weighted by molar-refractivity contribution is -0.118. The second-order valence-corrected chi connectivity index (χ2v) is 6.13. The fourth-order valence-electron chi connectivity index (χ4n) is 1.94. The summed E-state index contributed by atoms with van der Waals surface area (Å²) in [6.07, 6.45) is 3.18. The summed E-state index contributed by atoms with van der Waals surface area (Å²) in [7, 11) is 0. The van der Waals surface area contributed by atoms with E-state index in [1.165, 1.54) is 11.1 Å². The van der Waals surface area contributed by atoms with Crippen LogP contribution in [-0.2, 0) is 10.5 Å². The summed E-state index contributed by atoms with van der Waals surface area (Å²) in [4.78, 5) is 11.7. The van der Waals surface area contributed by atoms with E-state index in [1.54, 1.807) is 11.8 Å². The molecule has 0 aromatic heterocycles. The fourth-order valence-corrected chi connectivity index (χ4v) is 2.88. The molecule has 1 aliphatic rings. The van der Waals surface area contributed by atoms with Crippen LogP contribution in [0.5, 0.6) is 0 Å². The van der Waals surface area contributed by atoms with Crippen LogP contribution in [0.2, 0.25) is 5.02 Å². The normalized spacial score (nSPS) is 14.0. The lowest BCUT2D eigenvalue weighted by Crippen LogP contribution is -2.30. The van der Waals surface area contributed by atoms with Gasteiger partial charge >= 0.3 is 0 Å². The Morgan fingerprint density at radius 2 is 2.10 bits per heavy atom. The molecule has 0 aliphatic carbocycles. The van der Waals surface area contributed by atoms with Gasteiger partial charge in [-0.1, -0.05) is 35.4 Å². The third-order valence-corrected chi connectivity index (χ3v) is 4.34. The summed E-state index contributed by atoms with van der Waals surface area (Å²) in [6, 6.07) is 7.74. The molecular weight excluding hydrogens is 327 g/mol. The molecule has 2 rings (SSSR count). The van der Waals surface area contributed by atoms with Gasteiger partial charge in [0, 0.05) is 23.9 Å². The van der Waals surface area contributed by atoms with Gasteiger partial charge in [-0.15, -0.1) is 24.2 Å². The van der Waals surface area contributed by atoms with E-state index in [0.29, 0.717) is 12.3 Å². The standard InChI is InChI=1S/C15H19ClN2OS.ClH/c16-14-3-1-13(2-4-14)10-20-11-15(19)18-9-12-5-7-17-8-6-12;/h1-5,17H,6-11H2,(H,18,19);1H. The first-order valence-corrected chi connectivity index (χ1v) is 8.25. The molecule has 0 fully saturated rings. The Kier molecular flexibility index (Phi) is 8.85. The first-order valence-electron chi connectivity index (χ1n) is 6.71. The molecule has 0 saturated heterocycles. The molecular formula is C15H20Cl2N2OS. The monoisotopic (exact) mass is 346 g/mol. The van der Waals surface area contributed by atoms with Crippen LogP contribution in [0.4, 0.5) is 0 Å². The lowest BCUT2D eigenvalue weighted by Gasteiger charge is -2.14. The number of nitrogens with one attached hydrogen (secondary N) is 2. The topological polar surface area (TPSA) is 41.1 Å². The van der Waals surface area contributed by atoms with Crippen LogP contribution < -0.4 is 10.6 Å². The van der Waals surface area contributed by atoms with E-state index in [1.807, 2.05) is 24.3 Å². The molecule has 2 N–H and O–H groups in total. The molecule has 3 nitrogen and oxygen atoms in total. The number of hydrogen-bond acceptors (Lipinski definition) is 3. The van der Waals surface area contributed by atoms with Crippen LogP contribution in [0.3, 0.4) is 0 Å². The zero-order valence-corrected chi connectivity index (χ0v) is 14.1. The van der Waals surface area contributed by atoms with Crippen molar-refractivity contribution in [2.45, 2.75) is 12.2 Å². The summed E-state index contributed by atoms with van der Waals surface area (Å²) in [5.41, 5.74) is 2.51. The Hall–Kier alpha value is -0.680. The van der Waals surface area contributed by atoms with Gasteiger partial charge in [0.2, 0.25) is 5.91 Å². The summed E-state index contributed by atoms with van der Waals surface area (Å²) < 4.78 is 0. The van der Waals surface area contributed by atoms with Crippen molar-refractivity contribution in [3.8, 4) is 0 Å². The van der Waals surface area contributed by atoms with E-state index in [-0.39, 0.29) is 18.3 Å². The zero-order chi connectivity index (χ0) is 14.2. The number of hydrogen-bond donors (Lipinski definition) is 2. The number of thioether (sulfide) groups is 1. The van der Waals surface area contributed by atoms with E-state index in [9.17, 15) is 4.79 Å². The van der Waals surface area contributed by atoms with Crippen molar-refractivity contribution < 1.29 is 4.79 Å². The Morgan fingerprint density at radius 1 is 1.33 bits per heavy atom. The summed E-state index contributed by atoms with van der Waals surface area (Å²) in [6.45, 7) is 2.60. The van der Waals surface area contributed by atoms with Crippen LogP contribution in [0.25, 0.3) is 0 Å². The van der Waals surface area contributed by atoms with Crippen LogP contribution in [0.15, 0.2) is 35.9 Å². The predicted molar refractivity (Wildman–Crippen MR) is 93.4 cm³/mol. The van der Waals surface area contributed by atoms with Crippen molar-refractivity contribution in [1.29, 1.82) is 0 Å². The average molecular weight is 347 g/mol. The van der Waals surface area contributed by atoms with Crippen molar-refractivity contribution in [2.24, 2.45) is 0 Å². The molecule has 0 spiro atoms. The van der Waals surface area contributed by atoms with Crippen molar-refractivity contribution >= 4 is 41.7 Å². The van der Waals surface area contributed by atoms with Gasteiger partial charge in [-0.2, -0.15) is 0 Å². The van der Waals surface area contributed by atoms with Crippen molar-refractivity contribution in [3.05, 3.63) is 46.5 Å². The van der Waals surface area contributed by atoms with Gasteiger partial charge in [-0.05, 0) is 30.7 Å². The molecule has 1 aromatic rings. The van der Waals surface area contributed by atoms with Gasteiger partial charge in [-0.25, -0.2) is 0 Å². The SMILES string of the molecule is Cl.O=C(CSCc1ccc(Cl)cc1)NCC1=CCNCC1. The summed E-state index contributed by atoms with van der Waals surface area (Å²) >= 11 is 7.45. The summed E-state index contributed by atoms with van der Waals surface area (Å²) in [5.74, 6) is 1.43. The Morgan fingerprint density at radius 3 is 2.76 bits per heavy atom. The van der Waals surface area contributed by atoms with Crippen LogP contribution in [0.1, 0.15) is 12.0 Å². The van der Waals surface area contributed by atoms with Crippen molar-refractivity contribution in [3.63, 3.8) is 0 Å². The Balaban J connectivity index is 0.00000220. The molecule has 1 heterocycles. The summed E-state index contributed by atoms with van der Waals surface area (Å²) in [5, 5.41) is 6.97. The maximum atomic E-state index is 11.7. The molecule has 1 amide bonds. The molecule has 0 unspecified atom stereocenters. The fraction of sp³-hybridized carbons (Fsp3) is 0.400. The first-order chi connectivity index (χ1) is 9.74. The third kappa shape index (κ3) is 7.23. The smallest absolute Gasteiger partial charge is 0.230 e. The molecule has 21 heavy (non-hydrogen) atoms. The Bertz CT molecular complexity index is 477. The number of carbonyl (C=O) groups is 1.